The van der Waals surface area contributed by atoms with Crippen molar-refractivity contribution in [3.8, 4) is 11.3 Å². The van der Waals surface area contributed by atoms with Crippen molar-refractivity contribution >= 4 is 11.4 Å². The van der Waals surface area contributed by atoms with Crippen LogP contribution >= 0.6 is 0 Å². The summed E-state index contributed by atoms with van der Waals surface area (Å²) in [5, 5.41) is 0. The number of fused-ring (bicyclic) bond motifs is 1. The minimum Gasteiger partial charge on any atom is -0.300 e. The molecular weight excluding hydrogens is 398 g/mol. The summed E-state index contributed by atoms with van der Waals surface area (Å²) in [4.78, 5) is 28.5. The zero-order chi connectivity index (χ0) is 22.7. The van der Waals surface area contributed by atoms with Crippen molar-refractivity contribution in [2.45, 2.75) is 45.7 Å². The summed E-state index contributed by atoms with van der Waals surface area (Å²) in [5.74, 6) is 0.250. The molecule has 0 aromatic carbocycles. The van der Waals surface area contributed by atoms with Gasteiger partial charge < -0.3 is 0 Å². The first kappa shape index (κ1) is 21.8. The minimum atomic E-state index is -0.0807. The van der Waals surface area contributed by atoms with Gasteiger partial charge >= 0.3 is 0 Å². The van der Waals surface area contributed by atoms with E-state index in [9.17, 15) is 4.79 Å². The molecule has 0 N–H and O–H groups in total. The first-order chi connectivity index (χ1) is 15.6. The molecule has 0 aliphatic carbocycles. The average molecular weight is 428 g/mol. The maximum Gasteiger partial charge on any atom is 0.137 e. The first-order valence-corrected chi connectivity index (χ1v) is 11.2. The lowest BCUT2D eigenvalue weighted by Crippen LogP contribution is -2.37. The standard InChI is InChI=1S/C24H23N5O.C2H6/c1-16-5-4-10-26-24(16)22-14-18(30)13-21(28(22)2)19-15-29-20(6-3-7-23(29)27-19)17-8-11-25-12-9-17;1-2/h3-12,15,21-22H,13-14H2,1-2H3;1-2H3. The third kappa shape index (κ3) is 4.06. The van der Waals surface area contributed by atoms with Gasteiger partial charge in [0.25, 0.3) is 0 Å². The van der Waals surface area contributed by atoms with E-state index in [1.165, 1.54) is 0 Å². The summed E-state index contributed by atoms with van der Waals surface area (Å²) in [5.41, 5.74) is 5.99. The lowest BCUT2D eigenvalue weighted by molar-refractivity contribution is -0.125. The van der Waals surface area contributed by atoms with Crippen molar-refractivity contribution < 1.29 is 4.79 Å². The van der Waals surface area contributed by atoms with Crippen molar-refractivity contribution in [1.29, 1.82) is 0 Å². The molecule has 5 heterocycles. The summed E-state index contributed by atoms with van der Waals surface area (Å²) >= 11 is 0. The zero-order valence-electron chi connectivity index (χ0n) is 19.1. The highest BCUT2D eigenvalue weighted by Gasteiger charge is 2.36. The number of imidazole rings is 1. The Balaban J connectivity index is 0.00000119. The second kappa shape index (κ2) is 9.40. The molecule has 0 saturated carbocycles. The molecule has 0 spiro atoms. The smallest absolute Gasteiger partial charge is 0.137 e. The van der Waals surface area contributed by atoms with E-state index in [0.29, 0.717) is 12.8 Å². The summed E-state index contributed by atoms with van der Waals surface area (Å²) < 4.78 is 2.10. The van der Waals surface area contributed by atoms with Crippen LogP contribution in [0.5, 0.6) is 0 Å². The number of piperidine rings is 1. The van der Waals surface area contributed by atoms with Gasteiger partial charge in [0.2, 0.25) is 0 Å². The molecule has 6 heteroatoms. The number of hydrogen-bond acceptors (Lipinski definition) is 5. The van der Waals surface area contributed by atoms with Crippen LogP contribution in [0.1, 0.15) is 55.7 Å². The van der Waals surface area contributed by atoms with Crippen LogP contribution in [0, 0.1) is 6.92 Å². The zero-order valence-corrected chi connectivity index (χ0v) is 19.1. The quantitative estimate of drug-likeness (QED) is 0.449. The predicted molar refractivity (Wildman–Crippen MR) is 126 cm³/mol. The number of aryl methyl sites for hydroxylation is 1. The fourth-order valence-electron chi connectivity index (χ4n) is 4.42. The lowest BCUT2D eigenvalue weighted by Gasteiger charge is -2.38. The van der Waals surface area contributed by atoms with Gasteiger partial charge in [0.15, 0.2) is 0 Å². The van der Waals surface area contributed by atoms with Crippen LogP contribution in [0.2, 0.25) is 0 Å². The number of nitrogens with zero attached hydrogens (tertiary/aromatic N) is 5. The van der Waals surface area contributed by atoms with Gasteiger partial charge in [-0.05, 0) is 49.9 Å². The Hall–Kier alpha value is -3.38. The molecule has 32 heavy (non-hydrogen) atoms. The summed E-state index contributed by atoms with van der Waals surface area (Å²) in [7, 11) is 2.07. The lowest BCUT2D eigenvalue weighted by atomic mass is 9.90. The first-order valence-electron chi connectivity index (χ1n) is 11.2. The monoisotopic (exact) mass is 427 g/mol. The van der Waals surface area contributed by atoms with E-state index in [-0.39, 0.29) is 17.9 Å². The highest BCUT2D eigenvalue weighted by molar-refractivity contribution is 5.81. The summed E-state index contributed by atoms with van der Waals surface area (Å²) in [6.07, 6.45) is 8.40. The van der Waals surface area contributed by atoms with Gasteiger partial charge in [0.05, 0.1) is 29.2 Å². The van der Waals surface area contributed by atoms with Crippen molar-refractivity contribution in [3.63, 3.8) is 0 Å². The van der Waals surface area contributed by atoms with Crippen LogP contribution in [-0.4, -0.2) is 37.1 Å². The maximum atomic E-state index is 12.7. The third-order valence-electron chi connectivity index (χ3n) is 6.02. The van der Waals surface area contributed by atoms with Gasteiger partial charge in [-0.1, -0.05) is 26.0 Å². The molecule has 4 aromatic heterocycles. The molecule has 2 unspecified atom stereocenters. The van der Waals surface area contributed by atoms with Gasteiger partial charge in [-0.25, -0.2) is 4.98 Å². The summed E-state index contributed by atoms with van der Waals surface area (Å²) in [6, 6.07) is 13.9. The Morgan fingerprint density at radius 2 is 1.69 bits per heavy atom. The second-order valence-corrected chi connectivity index (χ2v) is 7.89. The van der Waals surface area contributed by atoms with E-state index < -0.39 is 0 Å². The fraction of sp³-hybridized carbons (Fsp3) is 0.308. The van der Waals surface area contributed by atoms with E-state index in [4.69, 9.17) is 4.98 Å². The highest BCUT2D eigenvalue weighted by atomic mass is 16.1. The van der Waals surface area contributed by atoms with E-state index in [1.807, 2.05) is 44.2 Å². The summed E-state index contributed by atoms with van der Waals surface area (Å²) in [6.45, 7) is 6.05. The Kier molecular flexibility index (Phi) is 6.42. The van der Waals surface area contributed by atoms with Crippen molar-refractivity contribution in [2.75, 3.05) is 7.05 Å². The molecule has 0 amide bonds. The average Bonchev–Trinajstić information content (AvgIpc) is 3.27. The Labute approximate surface area is 189 Å². The molecular formula is C26H29N5O. The number of carbonyl (C=O) groups excluding carboxylic acids is 1. The number of pyridine rings is 3. The van der Waals surface area contributed by atoms with Crippen molar-refractivity contribution in [1.82, 2.24) is 24.3 Å². The molecule has 1 aliphatic heterocycles. The van der Waals surface area contributed by atoms with E-state index in [2.05, 4.69) is 51.6 Å². The Morgan fingerprint density at radius 1 is 0.938 bits per heavy atom. The molecule has 0 bridgehead atoms. The van der Waals surface area contributed by atoms with E-state index >= 15 is 0 Å². The Bertz CT molecular complexity index is 1220. The molecule has 6 nitrogen and oxygen atoms in total. The predicted octanol–water partition coefficient (Wildman–Crippen LogP) is 5.20. The van der Waals surface area contributed by atoms with Gasteiger partial charge in [-0.2, -0.15) is 0 Å². The number of carbonyl (C=O) groups is 1. The SMILES string of the molecule is CC.Cc1cccnc1C1CC(=O)CC(c2cn3c(-c4ccncc4)cccc3n2)N1C. The molecule has 1 saturated heterocycles. The van der Waals surface area contributed by atoms with Crippen LogP contribution in [0.15, 0.2) is 67.3 Å². The number of likely N-dealkylation sites (tertiary alicyclic amines) is 1. The van der Waals surface area contributed by atoms with Gasteiger partial charge in [-0.15, -0.1) is 0 Å². The maximum absolute atomic E-state index is 12.7. The van der Waals surface area contributed by atoms with Crippen LogP contribution in [0.3, 0.4) is 0 Å². The molecule has 5 rings (SSSR count). The minimum absolute atomic E-state index is 0.0399. The van der Waals surface area contributed by atoms with Gasteiger partial charge in [-0.3, -0.25) is 24.1 Å². The van der Waals surface area contributed by atoms with Crippen LogP contribution in [0.4, 0.5) is 0 Å². The molecule has 1 fully saturated rings. The molecule has 1 aliphatic rings. The second-order valence-electron chi connectivity index (χ2n) is 7.89. The van der Waals surface area contributed by atoms with Crippen LogP contribution in [-0.2, 0) is 4.79 Å². The van der Waals surface area contributed by atoms with Gasteiger partial charge in [0, 0.05) is 43.2 Å². The van der Waals surface area contributed by atoms with E-state index in [1.54, 1.807) is 18.6 Å². The van der Waals surface area contributed by atoms with Crippen LogP contribution < -0.4 is 0 Å². The van der Waals surface area contributed by atoms with Crippen molar-refractivity contribution in [2.24, 2.45) is 0 Å². The van der Waals surface area contributed by atoms with E-state index in [0.717, 1.165) is 33.9 Å². The third-order valence-corrected chi connectivity index (χ3v) is 6.02. The molecule has 164 valence electrons. The largest absolute Gasteiger partial charge is 0.300 e. The van der Waals surface area contributed by atoms with Crippen LogP contribution in [0.25, 0.3) is 16.9 Å². The number of hydrogen-bond donors (Lipinski definition) is 0. The number of Topliss-reactive ketones (excluding diaryl/α,β-unsaturated/α-hetero) is 1. The topological polar surface area (TPSA) is 63.4 Å². The number of aromatic nitrogens is 4. The number of ketones is 1. The fourth-order valence-corrected chi connectivity index (χ4v) is 4.42. The molecule has 4 aromatic rings. The Morgan fingerprint density at radius 3 is 2.44 bits per heavy atom. The normalized spacial score (nSPS) is 18.9. The molecule has 2 atom stereocenters. The van der Waals surface area contributed by atoms with Gasteiger partial charge in [0.1, 0.15) is 11.4 Å². The molecule has 0 radical (unpaired) electrons. The van der Waals surface area contributed by atoms with Crippen molar-refractivity contribution in [3.05, 3.63) is 84.2 Å². The number of rotatable bonds is 3. The highest BCUT2D eigenvalue weighted by Crippen LogP contribution is 2.39.